The maximum absolute atomic E-state index is 10.7. The summed E-state index contributed by atoms with van der Waals surface area (Å²) in [5, 5.41) is 17.1. The van der Waals surface area contributed by atoms with Crippen molar-refractivity contribution < 1.29 is 8.76 Å². The summed E-state index contributed by atoms with van der Waals surface area (Å²) < 4.78 is 24.0. The number of hydrogen-bond donors (Lipinski definition) is 3. The van der Waals surface area contributed by atoms with Crippen molar-refractivity contribution in [2.45, 2.75) is 44.6 Å². The van der Waals surface area contributed by atoms with Gasteiger partial charge < -0.3 is 5.32 Å². The molecule has 2 unspecified atom stereocenters. The van der Waals surface area contributed by atoms with Gasteiger partial charge in [-0.25, -0.2) is 18.9 Å². The number of aromatic nitrogens is 4. The maximum Gasteiger partial charge on any atom is 0.231 e. The summed E-state index contributed by atoms with van der Waals surface area (Å²) in [5.74, 6) is 0.969. The first kappa shape index (κ1) is 23.0. The zero-order valence-corrected chi connectivity index (χ0v) is 19.0. The van der Waals surface area contributed by atoms with Crippen molar-refractivity contribution in [3.63, 3.8) is 0 Å². The number of hydrogen-bond acceptors (Lipinski definition) is 6. The Morgan fingerprint density at radius 1 is 1.30 bits per heavy atom. The largest absolute Gasteiger partial charge is 0.324 e. The molecule has 2 atom stereocenters. The Hall–Kier alpha value is -3.13. The van der Waals surface area contributed by atoms with E-state index in [1.165, 1.54) is 12.8 Å². The number of nitrogens with zero attached hydrogens (tertiary/aromatic N) is 5. The number of nitriles is 1. The lowest BCUT2D eigenvalue weighted by atomic mass is 9.96. The van der Waals surface area contributed by atoms with Crippen molar-refractivity contribution in [3.05, 3.63) is 54.5 Å². The van der Waals surface area contributed by atoms with E-state index in [9.17, 15) is 9.47 Å². The highest BCUT2D eigenvalue weighted by molar-refractivity contribution is 7.77. The predicted octanol–water partition coefficient (Wildman–Crippen LogP) is 4.00. The molecule has 2 heterocycles. The highest BCUT2D eigenvalue weighted by Gasteiger charge is 2.27. The van der Waals surface area contributed by atoms with Crippen LogP contribution >= 0.6 is 0 Å². The normalized spacial score (nSPS) is 15.8. The highest BCUT2D eigenvalue weighted by Crippen LogP contribution is 2.36. The molecular weight excluding hydrogens is 438 g/mol. The number of rotatable bonds is 10. The average Bonchev–Trinajstić information content (AvgIpc) is 3.51. The summed E-state index contributed by atoms with van der Waals surface area (Å²) >= 11 is -2.01. The summed E-state index contributed by atoms with van der Waals surface area (Å²) in [6, 6.07) is 12.0. The van der Waals surface area contributed by atoms with Gasteiger partial charge in [-0.05, 0) is 48.9 Å². The number of benzene rings is 1. The minimum absolute atomic E-state index is 0.103. The van der Waals surface area contributed by atoms with Gasteiger partial charge in [-0.15, -0.1) is 0 Å². The molecule has 0 amide bonds. The zero-order valence-electron chi connectivity index (χ0n) is 18.2. The Morgan fingerprint density at radius 3 is 2.94 bits per heavy atom. The van der Waals surface area contributed by atoms with Crippen LogP contribution in [0, 0.1) is 17.2 Å². The van der Waals surface area contributed by atoms with Gasteiger partial charge in [-0.3, -0.25) is 9.23 Å². The fraction of sp³-hybridized carbons (Fsp3) is 0.391. The Morgan fingerprint density at radius 2 is 2.15 bits per heavy atom. The lowest BCUT2D eigenvalue weighted by Gasteiger charge is -2.21. The van der Waals surface area contributed by atoms with E-state index in [-0.39, 0.29) is 6.04 Å². The van der Waals surface area contributed by atoms with Crippen molar-refractivity contribution >= 4 is 22.9 Å². The van der Waals surface area contributed by atoms with Gasteiger partial charge >= 0.3 is 0 Å². The second-order valence-corrected chi connectivity index (χ2v) is 8.95. The molecule has 0 saturated heterocycles. The maximum atomic E-state index is 10.7. The topological polar surface area (TPSA) is 129 Å². The molecule has 9 nitrogen and oxygen atoms in total. The van der Waals surface area contributed by atoms with Gasteiger partial charge in [-0.1, -0.05) is 25.0 Å². The first-order chi connectivity index (χ1) is 16.1. The Bertz CT molecular complexity index is 1140. The van der Waals surface area contributed by atoms with E-state index in [0.29, 0.717) is 31.3 Å². The minimum atomic E-state index is -2.01. The average molecular weight is 466 g/mol. The van der Waals surface area contributed by atoms with Gasteiger partial charge in [0.05, 0.1) is 30.4 Å². The van der Waals surface area contributed by atoms with Crippen LogP contribution in [-0.2, 0) is 17.7 Å². The monoisotopic (exact) mass is 465 g/mol. The van der Waals surface area contributed by atoms with Crippen LogP contribution in [0.15, 0.2) is 48.9 Å². The second-order valence-electron chi connectivity index (χ2n) is 8.17. The molecule has 0 radical (unpaired) electrons. The first-order valence-corrected chi connectivity index (χ1v) is 12.2. The van der Waals surface area contributed by atoms with E-state index >= 15 is 0 Å². The molecule has 0 aliphatic heterocycles. The van der Waals surface area contributed by atoms with Crippen LogP contribution in [0.1, 0.15) is 43.7 Å². The van der Waals surface area contributed by atoms with Gasteiger partial charge in [0.1, 0.15) is 0 Å². The van der Waals surface area contributed by atoms with Crippen LogP contribution in [0.25, 0.3) is 11.3 Å². The summed E-state index contributed by atoms with van der Waals surface area (Å²) in [4.78, 5) is 8.97. The second kappa shape index (κ2) is 11.1. The third-order valence-electron chi connectivity index (χ3n) is 5.96. The van der Waals surface area contributed by atoms with E-state index in [0.717, 1.165) is 35.3 Å². The molecule has 1 saturated carbocycles. The van der Waals surface area contributed by atoms with Crippen LogP contribution in [0.3, 0.4) is 0 Å². The molecule has 1 aliphatic rings. The summed E-state index contributed by atoms with van der Waals surface area (Å²) in [5.41, 5.74) is 3.50. The SMILES string of the molecule is N#CCC(C1CCCC1)n1cc(-c2ccnc(Nc3cccc(CCNS(=O)O)c3)n2)cn1. The molecule has 0 spiro atoms. The van der Waals surface area contributed by atoms with Crippen LogP contribution in [0.5, 0.6) is 0 Å². The lowest BCUT2D eigenvalue weighted by Crippen LogP contribution is -2.19. The fourth-order valence-electron chi connectivity index (χ4n) is 4.36. The molecule has 3 aromatic rings. The van der Waals surface area contributed by atoms with Gasteiger partial charge in [0.2, 0.25) is 17.2 Å². The third-order valence-corrected chi connectivity index (χ3v) is 6.41. The van der Waals surface area contributed by atoms with Gasteiger partial charge in [0.15, 0.2) is 0 Å². The van der Waals surface area contributed by atoms with Gasteiger partial charge in [-0.2, -0.15) is 10.4 Å². The minimum Gasteiger partial charge on any atom is -0.324 e. The fourth-order valence-corrected chi connectivity index (χ4v) is 4.64. The van der Waals surface area contributed by atoms with E-state index < -0.39 is 11.3 Å². The van der Waals surface area contributed by atoms with E-state index in [2.05, 4.69) is 31.2 Å². The third kappa shape index (κ3) is 6.22. The molecule has 33 heavy (non-hydrogen) atoms. The first-order valence-electron chi connectivity index (χ1n) is 11.1. The molecule has 1 fully saturated rings. The van der Waals surface area contributed by atoms with Crippen LogP contribution in [0.2, 0.25) is 0 Å². The molecule has 172 valence electrons. The van der Waals surface area contributed by atoms with Crippen molar-refractivity contribution in [3.8, 4) is 17.3 Å². The molecule has 2 aromatic heterocycles. The molecule has 3 N–H and O–H groups in total. The molecule has 10 heteroatoms. The van der Waals surface area contributed by atoms with E-state index in [4.69, 9.17) is 4.55 Å². The van der Waals surface area contributed by atoms with Gasteiger partial charge in [0.25, 0.3) is 0 Å². The van der Waals surface area contributed by atoms with Crippen molar-refractivity contribution in [1.82, 2.24) is 24.5 Å². The van der Waals surface area contributed by atoms with E-state index in [1.807, 2.05) is 41.2 Å². The number of nitrogens with one attached hydrogen (secondary N) is 2. The summed E-state index contributed by atoms with van der Waals surface area (Å²) in [7, 11) is 0. The van der Waals surface area contributed by atoms with E-state index in [1.54, 1.807) is 12.4 Å². The zero-order chi connectivity index (χ0) is 23.0. The van der Waals surface area contributed by atoms with Crippen molar-refractivity contribution in [2.24, 2.45) is 5.92 Å². The standard InChI is InChI=1S/C23H27N7O2S/c24-11-8-22(18-5-1-2-6-18)30-16-19(15-26-30)21-10-12-25-23(29-21)28-20-7-3-4-17(14-20)9-13-27-33(31)32/h3-4,7,10,12,14-16,18,22,27H,1-2,5-6,8-9,13H2,(H,31,32)(H,25,28,29). The Balaban J connectivity index is 1.46. The van der Waals surface area contributed by atoms with Gasteiger partial charge in [0, 0.05) is 30.2 Å². The Labute approximate surface area is 195 Å². The highest BCUT2D eigenvalue weighted by atomic mass is 32.2. The molecule has 1 aromatic carbocycles. The smallest absolute Gasteiger partial charge is 0.231 e. The molecule has 0 bridgehead atoms. The van der Waals surface area contributed by atoms with Crippen LogP contribution in [0.4, 0.5) is 11.6 Å². The predicted molar refractivity (Wildman–Crippen MR) is 127 cm³/mol. The molecular formula is C23H27N7O2S. The van der Waals surface area contributed by atoms with Crippen LogP contribution < -0.4 is 10.0 Å². The molecule has 1 aliphatic carbocycles. The van der Waals surface area contributed by atoms with Crippen molar-refractivity contribution in [1.29, 1.82) is 5.26 Å². The molecule has 4 rings (SSSR count). The Kier molecular flexibility index (Phi) is 7.78. The summed E-state index contributed by atoms with van der Waals surface area (Å²) in [6.45, 7) is 0.399. The quantitative estimate of drug-likeness (QED) is 0.386. The van der Waals surface area contributed by atoms with Crippen molar-refractivity contribution in [2.75, 3.05) is 11.9 Å². The lowest BCUT2D eigenvalue weighted by molar-refractivity contribution is 0.315. The summed E-state index contributed by atoms with van der Waals surface area (Å²) in [6.07, 6.45) is 11.3. The number of anilines is 2. The van der Waals surface area contributed by atoms with Crippen LogP contribution in [-0.4, -0.2) is 35.1 Å².